The number of aromatic nitrogens is 4. The lowest BCUT2D eigenvalue weighted by Crippen LogP contribution is -2.31. The molecule has 1 saturated carbocycles. The van der Waals surface area contributed by atoms with Crippen molar-refractivity contribution in [2.75, 3.05) is 38.7 Å². The van der Waals surface area contributed by atoms with E-state index < -0.39 is 10.0 Å². The fourth-order valence-electron chi connectivity index (χ4n) is 5.83. The number of unbranched alkanes of at least 4 members (excludes halogenated alkanes) is 1. The maximum Gasteiger partial charge on any atom is 0.263 e. The van der Waals surface area contributed by atoms with E-state index in [2.05, 4.69) is 22.5 Å². The molecular weight excluding hydrogens is 606 g/mol. The van der Waals surface area contributed by atoms with E-state index in [1.165, 1.54) is 11.4 Å². The van der Waals surface area contributed by atoms with Crippen LogP contribution in [0.5, 0.6) is 0 Å². The Morgan fingerprint density at radius 3 is 2.52 bits per heavy atom. The second kappa shape index (κ2) is 15.2. The minimum absolute atomic E-state index is 0.103. The summed E-state index contributed by atoms with van der Waals surface area (Å²) < 4.78 is 35.7. The number of ether oxygens (including phenoxy) is 1. The SMILES string of the molecule is CCCCNc1ncc2c(-c3ccc(S(=O)(=O)N(C)C4=CC=C(C(=O)NCCOCC)CC4)cc3)nn(C3CCC(O)CC3)c2n1. The minimum Gasteiger partial charge on any atom is -0.393 e. The molecule has 46 heavy (non-hydrogen) atoms. The molecule has 0 aliphatic heterocycles. The predicted molar refractivity (Wildman–Crippen MR) is 178 cm³/mol. The summed E-state index contributed by atoms with van der Waals surface area (Å²) in [5, 5.41) is 22.0. The number of sulfonamides is 1. The van der Waals surface area contributed by atoms with Gasteiger partial charge in [0.25, 0.3) is 10.0 Å². The lowest BCUT2D eigenvalue weighted by Gasteiger charge is -2.25. The molecule has 3 aromatic rings. The van der Waals surface area contributed by atoms with E-state index in [1.807, 2.05) is 11.6 Å². The van der Waals surface area contributed by atoms with Crippen molar-refractivity contribution in [3.8, 4) is 11.3 Å². The second-order valence-corrected chi connectivity index (χ2v) is 13.7. The van der Waals surface area contributed by atoms with Crippen molar-refractivity contribution in [2.24, 2.45) is 0 Å². The molecule has 0 spiro atoms. The zero-order valence-electron chi connectivity index (χ0n) is 26.9. The number of nitrogens with zero attached hydrogens (tertiary/aromatic N) is 5. The van der Waals surface area contributed by atoms with Gasteiger partial charge in [0.2, 0.25) is 11.9 Å². The van der Waals surface area contributed by atoms with Crippen molar-refractivity contribution in [1.29, 1.82) is 0 Å². The Labute approximate surface area is 271 Å². The van der Waals surface area contributed by atoms with Gasteiger partial charge in [0, 0.05) is 49.8 Å². The van der Waals surface area contributed by atoms with Gasteiger partial charge in [0.15, 0.2) is 5.65 Å². The Hall–Kier alpha value is -3.81. The zero-order valence-corrected chi connectivity index (χ0v) is 27.7. The van der Waals surface area contributed by atoms with Gasteiger partial charge in [0.05, 0.1) is 29.0 Å². The summed E-state index contributed by atoms with van der Waals surface area (Å²) in [6, 6.07) is 6.84. The predicted octanol–water partition coefficient (Wildman–Crippen LogP) is 4.56. The van der Waals surface area contributed by atoms with Crippen LogP contribution < -0.4 is 10.6 Å². The van der Waals surface area contributed by atoms with E-state index in [0.717, 1.165) is 48.8 Å². The van der Waals surface area contributed by atoms with Gasteiger partial charge in [0.1, 0.15) is 5.69 Å². The van der Waals surface area contributed by atoms with Crippen LogP contribution in [-0.2, 0) is 19.6 Å². The van der Waals surface area contributed by atoms with Crippen molar-refractivity contribution >= 4 is 32.9 Å². The van der Waals surface area contributed by atoms with Crippen LogP contribution in [-0.4, -0.2) is 82.9 Å². The summed E-state index contributed by atoms with van der Waals surface area (Å²) >= 11 is 0. The first kappa shape index (κ1) is 33.6. The molecular formula is C33H45N7O5S. The van der Waals surface area contributed by atoms with Gasteiger partial charge in [-0.1, -0.05) is 31.6 Å². The van der Waals surface area contributed by atoms with E-state index in [0.29, 0.717) is 68.4 Å². The summed E-state index contributed by atoms with van der Waals surface area (Å²) in [5.41, 5.74) is 3.39. The average molecular weight is 652 g/mol. The fourth-order valence-corrected chi connectivity index (χ4v) is 7.08. The summed E-state index contributed by atoms with van der Waals surface area (Å²) in [6.45, 7) is 6.28. The third-order valence-electron chi connectivity index (χ3n) is 8.62. The zero-order chi connectivity index (χ0) is 32.7. The third kappa shape index (κ3) is 7.59. The van der Waals surface area contributed by atoms with Crippen molar-refractivity contribution in [2.45, 2.75) is 82.3 Å². The molecule has 248 valence electrons. The molecule has 0 radical (unpaired) electrons. The number of hydrogen-bond donors (Lipinski definition) is 3. The highest BCUT2D eigenvalue weighted by molar-refractivity contribution is 7.89. The van der Waals surface area contributed by atoms with Crippen LogP contribution in [0, 0.1) is 0 Å². The molecule has 0 unspecified atom stereocenters. The van der Waals surface area contributed by atoms with E-state index in [-0.39, 0.29) is 22.9 Å². The summed E-state index contributed by atoms with van der Waals surface area (Å²) in [5.74, 6) is 0.386. The largest absolute Gasteiger partial charge is 0.393 e. The number of allylic oxidation sites excluding steroid dienone is 3. The number of aliphatic hydroxyl groups is 1. The van der Waals surface area contributed by atoms with E-state index >= 15 is 0 Å². The van der Waals surface area contributed by atoms with Crippen molar-refractivity contribution in [1.82, 2.24) is 29.4 Å². The van der Waals surface area contributed by atoms with E-state index in [1.54, 1.807) is 42.6 Å². The molecule has 2 aliphatic rings. The normalized spacial score (nSPS) is 18.6. The monoisotopic (exact) mass is 651 g/mol. The van der Waals surface area contributed by atoms with Crippen LogP contribution in [0.1, 0.15) is 71.3 Å². The van der Waals surface area contributed by atoms with Crippen LogP contribution in [0.2, 0.25) is 0 Å². The van der Waals surface area contributed by atoms with Crippen molar-refractivity contribution in [3.05, 3.63) is 53.9 Å². The standard InChI is InChI=1S/C33H45N7O5S/c1-4-6-19-35-33-36-22-29-30(38-40(31(29)37-33)26-13-15-27(41)16-14-26)23-9-17-28(18-10-23)46(43,44)39(3)25-11-7-24(8-12-25)32(42)34-20-21-45-5-2/h7,9-11,17-18,22,26-27,41H,4-6,8,12-16,19-21H2,1-3H3,(H,34,42)(H,35,36,37). The van der Waals surface area contributed by atoms with Crippen molar-refractivity contribution < 1.29 is 23.1 Å². The number of benzene rings is 1. The Morgan fingerprint density at radius 1 is 1.09 bits per heavy atom. The van der Waals surface area contributed by atoms with E-state index in [9.17, 15) is 18.3 Å². The number of anilines is 1. The molecule has 2 aromatic heterocycles. The summed E-state index contributed by atoms with van der Waals surface area (Å²) in [6.07, 6.45) is 10.8. The quantitative estimate of drug-likeness (QED) is 0.213. The van der Waals surface area contributed by atoms with Crippen LogP contribution in [0.25, 0.3) is 22.3 Å². The Bertz CT molecular complexity index is 1680. The van der Waals surface area contributed by atoms with Crippen molar-refractivity contribution in [3.63, 3.8) is 0 Å². The summed E-state index contributed by atoms with van der Waals surface area (Å²) in [7, 11) is -2.30. The Morgan fingerprint density at radius 2 is 1.85 bits per heavy atom. The molecule has 0 saturated heterocycles. The number of nitrogens with one attached hydrogen (secondary N) is 2. The lowest BCUT2D eigenvalue weighted by molar-refractivity contribution is -0.117. The van der Waals surface area contributed by atoms with Gasteiger partial charge in [-0.2, -0.15) is 10.1 Å². The molecule has 1 fully saturated rings. The van der Waals surface area contributed by atoms with Gasteiger partial charge in [-0.15, -0.1) is 0 Å². The first-order chi connectivity index (χ1) is 22.2. The Balaban J connectivity index is 1.36. The third-order valence-corrected chi connectivity index (χ3v) is 10.4. The highest BCUT2D eigenvalue weighted by Crippen LogP contribution is 2.35. The topological polar surface area (TPSA) is 152 Å². The first-order valence-corrected chi connectivity index (χ1v) is 17.7. The molecule has 1 aromatic carbocycles. The molecule has 1 amide bonds. The number of carbonyl (C=O) groups is 1. The molecule has 2 aliphatic carbocycles. The maximum atomic E-state index is 13.6. The summed E-state index contributed by atoms with van der Waals surface area (Å²) in [4.78, 5) is 22.0. The number of hydrogen-bond acceptors (Lipinski definition) is 9. The first-order valence-electron chi connectivity index (χ1n) is 16.2. The van der Waals surface area contributed by atoms with Gasteiger partial charge in [-0.05, 0) is 70.1 Å². The van der Waals surface area contributed by atoms with Crippen LogP contribution in [0.3, 0.4) is 0 Å². The number of aliphatic hydroxyl groups excluding tert-OH is 1. The number of fused-ring (bicyclic) bond motifs is 1. The van der Waals surface area contributed by atoms with Gasteiger partial charge in [-0.25, -0.2) is 18.1 Å². The van der Waals surface area contributed by atoms with Gasteiger partial charge in [-0.3, -0.25) is 9.10 Å². The molecule has 5 rings (SSSR count). The van der Waals surface area contributed by atoms with Gasteiger partial charge >= 0.3 is 0 Å². The lowest BCUT2D eigenvalue weighted by atomic mass is 9.93. The fraction of sp³-hybridized carbons (Fsp3) is 0.515. The highest BCUT2D eigenvalue weighted by Gasteiger charge is 2.27. The molecule has 13 heteroatoms. The molecule has 3 N–H and O–H groups in total. The van der Waals surface area contributed by atoms with Gasteiger partial charge < -0.3 is 20.5 Å². The average Bonchev–Trinajstić information content (AvgIpc) is 3.45. The Kier molecular flexibility index (Phi) is 11.1. The minimum atomic E-state index is -3.84. The maximum absolute atomic E-state index is 13.6. The van der Waals surface area contributed by atoms with E-state index in [4.69, 9.17) is 14.8 Å². The van der Waals surface area contributed by atoms with Crippen LogP contribution in [0.15, 0.2) is 58.8 Å². The number of carbonyl (C=O) groups excluding carboxylic acids is 1. The molecule has 12 nitrogen and oxygen atoms in total. The molecule has 0 bridgehead atoms. The number of rotatable bonds is 14. The second-order valence-electron chi connectivity index (χ2n) is 11.8. The van der Waals surface area contributed by atoms with Crippen LogP contribution >= 0.6 is 0 Å². The smallest absolute Gasteiger partial charge is 0.263 e. The molecule has 0 atom stereocenters. The molecule has 2 heterocycles. The highest BCUT2D eigenvalue weighted by atomic mass is 32.2. The number of amides is 1. The van der Waals surface area contributed by atoms with Crippen LogP contribution in [0.4, 0.5) is 5.95 Å².